The molecule has 3 rings (SSSR count). The number of nitrogens with one attached hydrogen (secondary N) is 3. The smallest absolute Gasteiger partial charge is 0.408 e. The maximum Gasteiger partial charge on any atom is 0.417 e. The molecule has 1 aromatic carbocycles. The lowest BCUT2D eigenvalue weighted by molar-refractivity contribution is 0.555. The third kappa shape index (κ3) is 1.72. The fourth-order valence-corrected chi connectivity index (χ4v) is 1.99. The van der Waals surface area contributed by atoms with Gasteiger partial charge >= 0.3 is 5.76 Å². The molecule has 92 valence electrons. The van der Waals surface area contributed by atoms with Crippen LogP contribution in [0.25, 0.3) is 22.2 Å². The van der Waals surface area contributed by atoms with Crippen LogP contribution in [0.4, 0.5) is 0 Å². The van der Waals surface area contributed by atoms with E-state index in [0.29, 0.717) is 17.6 Å². The second kappa shape index (κ2) is 4.15. The standard InChI is InChI=1S/C12H12N4O2/c1-13-6-10-8(5-14-16-10)7-2-3-9-11(4-7)18-12(17)15-9/h2-5,13H,6H2,1H3,(H,14,16)(H,15,17). The highest BCUT2D eigenvalue weighted by atomic mass is 16.4. The van der Waals surface area contributed by atoms with Crippen LogP contribution in [0.2, 0.25) is 0 Å². The van der Waals surface area contributed by atoms with Gasteiger partial charge in [0.2, 0.25) is 0 Å². The normalized spacial score (nSPS) is 11.2. The topological polar surface area (TPSA) is 86.7 Å². The number of nitrogens with zero attached hydrogens (tertiary/aromatic N) is 1. The average molecular weight is 244 g/mol. The van der Waals surface area contributed by atoms with Gasteiger partial charge in [-0.2, -0.15) is 5.10 Å². The third-order valence-corrected chi connectivity index (χ3v) is 2.80. The van der Waals surface area contributed by atoms with Crippen LogP contribution in [-0.4, -0.2) is 22.2 Å². The summed E-state index contributed by atoms with van der Waals surface area (Å²) in [6.45, 7) is 0.699. The quantitative estimate of drug-likeness (QED) is 0.646. The van der Waals surface area contributed by atoms with Crippen molar-refractivity contribution in [3.63, 3.8) is 0 Å². The van der Waals surface area contributed by atoms with E-state index in [-0.39, 0.29) is 0 Å². The fourth-order valence-electron chi connectivity index (χ4n) is 1.99. The van der Waals surface area contributed by atoms with Gasteiger partial charge in [-0.05, 0) is 24.7 Å². The van der Waals surface area contributed by atoms with Crippen molar-refractivity contribution in [3.8, 4) is 11.1 Å². The second-order valence-corrected chi connectivity index (χ2v) is 4.02. The molecule has 6 nitrogen and oxygen atoms in total. The maximum absolute atomic E-state index is 11.1. The summed E-state index contributed by atoms with van der Waals surface area (Å²) in [7, 11) is 1.87. The Kier molecular flexibility index (Phi) is 2.49. The Bertz CT molecular complexity index is 738. The Morgan fingerprint density at radius 2 is 2.33 bits per heavy atom. The van der Waals surface area contributed by atoms with Crippen molar-refractivity contribution >= 4 is 11.1 Å². The van der Waals surface area contributed by atoms with Gasteiger partial charge in [0.15, 0.2) is 5.58 Å². The first-order valence-corrected chi connectivity index (χ1v) is 5.58. The molecule has 0 aliphatic heterocycles. The van der Waals surface area contributed by atoms with Gasteiger partial charge in [0.05, 0.1) is 17.4 Å². The molecule has 0 saturated heterocycles. The van der Waals surface area contributed by atoms with Crippen LogP contribution in [0.15, 0.2) is 33.6 Å². The van der Waals surface area contributed by atoms with Crippen LogP contribution in [0.5, 0.6) is 0 Å². The minimum atomic E-state index is -0.440. The molecule has 0 fully saturated rings. The van der Waals surface area contributed by atoms with Crippen LogP contribution < -0.4 is 11.1 Å². The van der Waals surface area contributed by atoms with Crippen LogP contribution in [0, 0.1) is 0 Å². The molecule has 0 atom stereocenters. The van der Waals surface area contributed by atoms with Gasteiger partial charge < -0.3 is 9.73 Å². The minimum Gasteiger partial charge on any atom is -0.408 e. The molecule has 0 aliphatic carbocycles. The first kappa shape index (κ1) is 10.8. The Balaban J connectivity index is 2.12. The maximum atomic E-state index is 11.1. The van der Waals surface area contributed by atoms with Crippen LogP contribution in [0.3, 0.4) is 0 Å². The zero-order valence-electron chi connectivity index (χ0n) is 9.78. The molecule has 2 aromatic heterocycles. The number of hydrogen-bond donors (Lipinski definition) is 3. The molecule has 6 heteroatoms. The molecule has 3 N–H and O–H groups in total. The number of aromatic nitrogens is 3. The summed E-state index contributed by atoms with van der Waals surface area (Å²) < 4.78 is 5.05. The van der Waals surface area contributed by atoms with Gasteiger partial charge in [0.1, 0.15) is 0 Å². The van der Waals surface area contributed by atoms with Crippen molar-refractivity contribution in [1.82, 2.24) is 20.5 Å². The Labute approximate surface area is 102 Å². The lowest BCUT2D eigenvalue weighted by atomic mass is 10.1. The van der Waals surface area contributed by atoms with Gasteiger partial charge in [0, 0.05) is 12.1 Å². The number of hydrogen-bond acceptors (Lipinski definition) is 4. The monoisotopic (exact) mass is 244 g/mol. The summed E-state index contributed by atoms with van der Waals surface area (Å²) in [5.74, 6) is -0.440. The summed E-state index contributed by atoms with van der Waals surface area (Å²) in [4.78, 5) is 13.7. The van der Waals surface area contributed by atoms with Crippen LogP contribution >= 0.6 is 0 Å². The molecule has 0 spiro atoms. The molecule has 0 aliphatic rings. The van der Waals surface area contributed by atoms with Gasteiger partial charge in [-0.15, -0.1) is 0 Å². The van der Waals surface area contributed by atoms with Crippen molar-refractivity contribution in [2.75, 3.05) is 7.05 Å². The number of oxazole rings is 1. The van der Waals surface area contributed by atoms with Crippen molar-refractivity contribution in [1.29, 1.82) is 0 Å². The SMILES string of the molecule is CNCc1[nH]ncc1-c1ccc2[nH]c(=O)oc2c1. The predicted octanol–water partition coefficient (Wildman–Crippen LogP) is 1.23. The van der Waals surface area contributed by atoms with Gasteiger partial charge in [0.25, 0.3) is 0 Å². The molecule has 3 aromatic rings. The number of H-pyrrole nitrogens is 2. The third-order valence-electron chi connectivity index (χ3n) is 2.80. The highest BCUT2D eigenvalue weighted by molar-refractivity contribution is 5.80. The number of rotatable bonds is 3. The van der Waals surface area contributed by atoms with Gasteiger partial charge in [-0.3, -0.25) is 10.1 Å². The summed E-state index contributed by atoms with van der Waals surface area (Å²) in [6.07, 6.45) is 1.76. The Hall–Kier alpha value is -2.34. The van der Waals surface area contributed by atoms with Gasteiger partial charge in [-0.1, -0.05) is 6.07 Å². The van der Waals surface area contributed by atoms with E-state index in [0.717, 1.165) is 16.8 Å². The fraction of sp³-hybridized carbons (Fsp3) is 0.167. The molecule has 0 bridgehead atoms. The molecular formula is C12H12N4O2. The molecule has 0 radical (unpaired) electrons. The predicted molar refractivity (Wildman–Crippen MR) is 67.2 cm³/mol. The van der Waals surface area contributed by atoms with E-state index in [2.05, 4.69) is 20.5 Å². The van der Waals surface area contributed by atoms with E-state index in [1.54, 1.807) is 6.20 Å². The molecular weight excluding hydrogens is 232 g/mol. The van der Waals surface area contributed by atoms with E-state index in [9.17, 15) is 4.79 Å². The van der Waals surface area contributed by atoms with E-state index < -0.39 is 5.76 Å². The number of fused-ring (bicyclic) bond motifs is 1. The number of benzene rings is 1. The molecule has 2 heterocycles. The van der Waals surface area contributed by atoms with Crippen molar-refractivity contribution in [2.24, 2.45) is 0 Å². The zero-order valence-corrected chi connectivity index (χ0v) is 9.78. The number of aromatic amines is 2. The molecule has 0 amide bonds. The molecule has 0 saturated carbocycles. The van der Waals surface area contributed by atoms with Crippen molar-refractivity contribution in [2.45, 2.75) is 6.54 Å². The van der Waals surface area contributed by atoms with Gasteiger partial charge in [-0.25, -0.2) is 4.79 Å². The summed E-state index contributed by atoms with van der Waals surface area (Å²) in [5.41, 5.74) is 4.20. The lowest BCUT2D eigenvalue weighted by Gasteiger charge is -2.02. The van der Waals surface area contributed by atoms with E-state index >= 15 is 0 Å². The lowest BCUT2D eigenvalue weighted by Crippen LogP contribution is -2.06. The Morgan fingerprint density at radius 1 is 1.44 bits per heavy atom. The van der Waals surface area contributed by atoms with Crippen molar-refractivity contribution in [3.05, 3.63) is 40.6 Å². The van der Waals surface area contributed by atoms with E-state index in [1.165, 1.54) is 0 Å². The summed E-state index contributed by atoms with van der Waals surface area (Å²) in [5, 5.41) is 10.1. The van der Waals surface area contributed by atoms with Crippen molar-refractivity contribution < 1.29 is 4.42 Å². The minimum absolute atomic E-state index is 0.440. The molecule has 18 heavy (non-hydrogen) atoms. The largest absolute Gasteiger partial charge is 0.417 e. The second-order valence-electron chi connectivity index (χ2n) is 4.02. The van der Waals surface area contributed by atoms with Crippen LogP contribution in [0.1, 0.15) is 5.69 Å². The first-order chi connectivity index (χ1) is 8.78. The van der Waals surface area contributed by atoms with E-state index in [4.69, 9.17) is 4.42 Å². The van der Waals surface area contributed by atoms with E-state index in [1.807, 2.05) is 25.2 Å². The molecule has 0 unspecified atom stereocenters. The first-order valence-electron chi connectivity index (χ1n) is 5.58. The highest BCUT2D eigenvalue weighted by Gasteiger charge is 2.09. The van der Waals surface area contributed by atoms with Crippen LogP contribution in [-0.2, 0) is 6.54 Å². The average Bonchev–Trinajstić information content (AvgIpc) is 2.93. The zero-order chi connectivity index (χ0) is 12.5. The summed E-state index contributed by atoms with van der Waals surface area (Å²) in [6, 6.07) is 5.58. The summed E-state index contributed by atoms with van der Waals surface area (Å²) >= 11 is 0. The highest BCUT2D eigenvalue weighted by Crippen LogP contribution is 2.25. The Morgan fingerprint density at radius 3 is 3.17 bits per heavy atom.